The monoisotopic (exact) mass is 271 g/mol. The predicted molar refractivity (Wildman–Crippen MR) is 74.6 cm³/mol. The van der Waals surface area contributed by atoms with Crippen molar-refractivity contribution in [3.63, 3.8) is 0 Å². The van der Waals surface area contributed by atoms with E-state index in [2.05, 4.69) is 9.97 Å². The molecule has 19 heavy (non-hydrogen) atoms. The summed E-state index contributed by atoms with van der Waals surface area (Å²) in [6.45, 7) is 0. The Balaban J connectivity index is 2.19. The number of pyridine rings is 1. The normalized spacial score (nSPS) is 10.6. The fraction of sp³-hybridized carbons (Fsp3) is 0. The Labute approximate surface area is 114 Å². The Morgan fingerprint density at radius 2 is 2.11 bits per heavy atom. The standard InChI is InChI=1S/C14H10ClN3O/c15-11-4-1-3-10(9-11)13-16-7-8-18(13)12-5-2-6-17-14(12)19/h1-9H,(H,17,19). The number of benzene rings is 1. The highest BCUT2D eigenvalue weighted by Crippen LogP contribution is 2.22. The van der Waals surface area contributed by atoms with Crippen LogP contribution >= 0.6 is 11.6 Å². The second kappa shape index (κ2) is 4.74. The van der Waals surface area contributed by atoms with Crippen LogP contribution in [0.25, 0.3) is 17.1 Å². The van der Waals surface area contributed by atoms with Crippen LogP contribution in [0.2, 0.25) is 5.02 Å². The van der Waals surface area contributed by atoms with E-state index in [0.29, 0.717) is 16.5 Å². The van der Waals surface area contributed by atoms with Gasteiger partial charge in [0, 0.05) is 29.2 Å². The molecule has 0 amide bonds. The van der Waals surface area contributed by atoms with Gasteiger partial charge in [0.05, 0.1) is 0 Å². The van der Waals surface area contributed by atoms with Crippen molar-refractivity contribution in [1.82, 2.24) is 14.5 Å². The first-order valence-electron chi connectivity index (χ1n) is 5.73. The molecule has 0 aliphatic heterocycles. The molecule has 1 N–H and O–H groups in total. The molecule has 0 atom stereocenters. The maximum absolute atomic E-state index is 11.8. The molecule has 0 unspecified atom stereocenters. The zero-order valence-corrected chi connectivity index (χ0v) is 10.6. The molecule has 0 saturated carbocycles. The van der Waals surface area contributed by atoms with Crippen molar-refractivity contribution in [3.05, 3.63) is 70.4 Å². The maximum atomic E-state index is 11.8. The molecule has 3 rings (SSSR count). The van der Waals surface area contributed by atoms with Crippen molar-refractivity contribution in [2.24, 2.45) is 0 Å². The van der Waals surface area contributed by atoms with Crippen LogP contribution in [0.1, 0.15) is 0 Å². The van der Waals surface area contributed by atoms with Gasteiger partial charge in [-0.1, -0.05) is 23.7 Å². The third-order valence-corrected chi connectivity index (χ3v) is 3.02. The van der Waals surface area contributed by atoms with E-state index in [4.69, 9.17) is 11.6 Å². The van der Waals surface area contributed by atoms with Gasteiger partial charge in [-0.25, -0.2) is 4.98 Å². The lowest BCUT2D eigenvalue weighted by Crippen LogP contribution is -2.13. The fourth-order valence-corrected chi connectivity index (χ4v) is 2.13. The van der Waals surface area contributed by atoms with Crippen molar-refractivity contribution < 1.29 is 0 Å². The minimum absolute atomic E-state index is 0.163. The van der Waals surface area contributed by atoms with Crippen molar-refractivity contribution in [1.29, 1.82) is 0 Å². The average molecular weight is 272 g/mol. The Hall–Kier alpha value is -2.33. The number of aromatic nitrogens is 3. The first-order chi connectivity index (χ1) is 9.25. The van der Waals surface area contributed by atoms with Crippen LogP contribution in [0.3, 0.4) is 0 Å². The van der Waals surface area contributed by atoms with Gasteiger partial charge in [0.2, 0.25) is 0 Å². The molecule has 2 heterocycles. The summed E-state index contributed by atoms with van der Waals surface area (Å²) < 4.78 is 1.74. The summed E-state index contributed by atoms with van der Waals surface area (Å²) in [5, 5.41) is 0.633. The molecule has 0 radical (unpaired) electrons. The van der Waals surface area contributed by atoms with Gasteiger partial charge >= 0.3 is 0 Å². The van der Waals surface area contributed by atoms with E-state index in [1.54, 1.807) is 41.4 Å². The first kappa shape index (κ1) is 11.7. The van der Waals surface area contributed by atoms with Crippen LogP contribution < -0.4 is 5.56 Å². The van der Waals surface area contributed by atoms with Crippen LogP contribution in [0, 0.1) is 0 Å². The van der Waals surface area contributed by atoms with Crippen LogP contribution in [0.5, 0.6) is 0 Å². The third kappa shape index (κ3) is 2.18. The van der Waals surface area contributed by atoms with Gasteiger partial charge in [0.1, 0.15) is 11.5 Å². The molecule has 0 aliphatic carbocycles. The van der Waals surface area contributed by atoms with E-state index in [1.165, 1.54) is 0 Å². The molecule has 5 heteroatoms. The largest absolute Gasteiger partial charge is 0.327 e. The number of H-pyrrole nitrogens is 1. The molecule has 0 saturated heterocycles. The lowest BCUT2D eigenvalue weighted by Gasteiger charge is -2.07. The molecule has 0 fully saturated rings. The number of halogens is 1. The average Bonchev–Trinajstić information content (AvgIpc) is 2.88. The van der Waals surface area contributed by atoms with Gasteiger partial charge in [-0.05, 0) is 24.3 Å². The smallest absolute Gasteiger partial charge is 0.272 e. The number of nitrogens with one attached hydrogen (secondary N) is 1. The molecule has 94 valence electrons. The summed E-state index contributed by atoms with van der Waals surface area (Å²) in [5.74, 6) is 0.680. The maximum Gasteiger partial charge on any atom is 0.272 e. The Kier molecular flexibility index (Phi) is 2.93. The summed E-state index contributed by atoms with van der Waals surface area (Å²) in [6, 6.07) is 10.9. The zero-order chi connectivity index (χ0) is 13.2. The van der Waals surface area contributed by atoms with Gasteiger partial charge in [-0.3, -0.25) is 9.36 Å². The van der Waals surface area contributed by atoms with E-state index < -0.39 is 0 Å². The zero-order valence-electron chi connectivity index (χ0n) is 9.88. The van der Waals surface area contributed by atoms with Gasteiger partial charge < -0.3 is 4.98 Å². The summed E-state index contributed by atoms with van der Waals surface area (Å²) in [5.41, 5.74) is 1.22. The first-order valence-corrected chi connectivity index (χ1v) is 6.11. The molecule has 4 nitrogen and oxygen atoms in total. The highest BCUT2D eigenvalue weighted by molar-refractivity contribution is 6.30. The van der Waals surface area contributed by atoms with Crippen molar-refractivity contribution in [3.8, 4) is 17.1 Å². The summed E-state index contributed by atoms with van der Waals surface area (Å²) in [4.78, 5) is 18.8. The molecular weight excluding hydrogens is 262 g/mol. The van der Waals surface area contributed by atoms with Gasteiger partial charge in [-0.2, -0.15) is 0 Å². The SMILES string of the molecule is O=c1[nH]cccc1-n1ccnc1-c1cccc(Cl)c1. The molecular formula is C14H10ClN3O. The number of hydrogen-bond donors (Lipinski definition) is 1. The molecule has 3 aromatic rings. The Morgan fingerprint density at radius 3 is 2.89 bits per heavy atom. The quantitative estimate of drug-likeness (QED) is 0.779. The second-order valence-electron chi connectivity index (χ2n) is 4.02. The highest BCUT2D eigenvalue weighted by atomic mass is 35.5. The molecule has 0 bridgehead atoms. The number of nitrogens with zero attached hydrogens (tertiary/aromatic N) is 2. The van der Waals surface area contributed by atoms with E-state index in [0.717, 1.165) is 5.56 Å². The van der Waals surface area contributed by atoms with E-state index in [1.807, 2.05) is 18.2 Å². The van der Waals surface area contributed by atoms with Crippen LogP contribution in [0.4, 0.5) is 0 Å². The molecule has 2 aromatic heterocycles. The van der Waals surface area contributed by atoms with Crippen molar-refractivity contribution >= 4 is 11.6 Å². The van der Waals surface area contributed by atoms with E-state index >= 15 is 0 Å². The summed E-state index contributed by atoms with van der Waals surface area (Å²) in [6.07, 6.45) is 5.01. The lowest BCUT2D eigenvalue weighted by atomic mass is 10.2. The van der Waals surface area contributed by atoms with Crippen molar-refractivity contribution in [2.45, 2.75) is 0 Å². The van der Waals surface area contributed by atoms with E-state index in [9.17, 15) is 4.79 Å². The highest BCUT2D eigenvalue weighted by Gasteiger charge is 2.10. The summed E-state index contributed by atoms with van der Waals surface area (Å²) in [7, 11) is 0. The number of aromatic amines is 1. The second-order valence-corrected chi connectivity index (χ2v) is 4.45. The molecule has 1 aromatic carbocycles. The summed E-state index contributed by atoms with van der Waals surface area (Å²) >= 11 is 5.99. The van der Waals surface area contributed by atoms with Gasteiger partial charge in [0.15, 0.2) is 0 Å². The lowest BCUT2D eigenvalue weighted by molar-refractivity contribution is 1.02. The van der Waals surface area contributed by atoms with Crippen LogP contribution in [-0.2, 0) is 0 Å². The minimum atomic E-state index is -0.163. The molecule has 0 aliphatic rings. The predicted octanol–water partition coefficient (Wildman–Crippen LogP) is 2.88. The van der Waals surface area contributed by atoms with Gasteiger partial charge in [0.25, 0.3) is 5.56 Å². The Morgan fingerprint density at radius 1 is 1.21 bits per heavy atom. The third-order valence-electron chi connectivity index (χ3n) is 2.78. The number of imidazole rings is 1. The van der Waals surface area contributed by atoms with Crippen LogP contribution in [0.15, 0.2) is 59.8 Å². The number of hydrogen-bond acceptors (Lipinski definition) is 2. The van der Waals surface area contributed by atoms with Gasteiger partial charge in [-0.15, -0.1) is 0 Å². The minimum Gasteiger partial charge on any atom is -0.327 e. The number of rotatable bonds is 2. The van der Waals surface area contributed by atoms with Crippen LogP contribution in [-0.4, -0.2) is 14.5 Å². The topological polar surface area (TPSA) is 50.7 Å². The fourth-order valence-electron chi connectivity index (χ4n) is 1.94. The Bertz CT molecular complexity index is 776. The van der Waals surface area contributed by atoms with E-state index in [-0.39, 0.29) is 5.56 Å². The van der Waals surface area contributed by atoms with Crippen molar-refractivity contribution in [2.75, 3.05) is 0 Å². The molecule has 0 spiro atoms.